The fourth-order valence-electron chi connectivity index (χ4n) is 3.42. The van der Waals surface area contributed by atoms with Crippen molar-refractivity contribution in [1.29, 1.82) is 0 Å². The van der Waals surface area contributed by atoms with Crippen LogP contribution in [0.15, 0.2) is 54.6 Å². The molecule has 0 bridgehead atoms. The highest BCUT2D eigenvalue weighted by Crippen LogP contribution is 2.56. The molecule has 1 aliphatic heterocycles. The fraction of sp³-hybridized carbons (Fsp3) is 0.316. The molecule has 2 unspecified atom stereocenters. The van der Waals surface area contributed by atoms with E-state index < -0.39 is 11.9 Å². The number of rotatable bonds is 2. The van der Waals surface area contributed by atoms with Crippen LogP contribution >= 0.6 is 0 Å². The number of ether oxygens (including phenoxy) is 3. The number of hydrogen-bond acceptors (Lipinski definition) is 4. The van der Waals surface area contributed by atoms with Gasteiger partial charge in [0.05, 0.1) is 32.3 Å². The first kappa shape index (κ1) is 15.2. The molecule has 4 rings (SSSR count). The highest BCUT2D eigenvalue weighted by atomic mass is 16.7. The van der Waals surface area contributed by atoms with Crippen molar-refractivity contribution in [3.05, 3.63) is 71.3 Å². The molecular weight excluding hydrogens is 306 g/mol. The SMILES string of the molecule is COC(=O)NC1C(c2ccccc2)C12OCc1ccccc1CO2. The maximum atomic E-state index is 11.7. The van der Waals surface area contributed by atoms with Gasteiger partial charge in [-0.25, -0.2) is 4.79 Å². The van der Waals surface area contributed by atoms with Crippen molar-refractivity contribution in [2.45, 2.75) is 31.0 Å². The Bertz CT molecular complexity index is 719. The number of carbonyl (C=O) groups excluding carboxylic acids is 1. The van der Waals surface area contributed by atoms with E-state index in [1.807, 2.05) is 54.6 Å². The first-order valence-electron chi connectivity index (χ1n) is 7.99. The molecule has 0 saturated heterocycles. The minimum Gasteiger partial charge on any atom is -0.453 e. The molecule has 1 spiro atoms. The van der Waals surface area contributed by atoms with Gasteiger partial charge in [-0.05, 0) is 16.7 Å². The average Bonchev–Trinajstić information content (AvgIpc) is 3.31. The van der Waals surface area contributed by atoms with Crippen LogP contribution in [0, 0.1) is 0 Å². The van der Waals surface area contributed by atoms with Crippen molar-refractivity contribution in [3.8, 4) is 0 Å². The molecule has 5 heteroatoms. The van der Waals surface area contributed by atoms with E-state index in [0.29, 0.717) is 13.2 Å². The summed E-state index contributed by atoms with van der Waals surface area (Å²) in [6, 6.07) is 17.8. The van der Waals surface area contributed by atoms with Gasteiger partial charge in [0, 0.05) is 0 Å². The first-order valence-corrected chi connectivity index (χ1v) is 7.99. The molecule has 1 heterocycles. The van der Waals surface area contributed by atoms with Crippen molar-refractivity contribution in [1.82, 2.24) is 5.32 Å². The van der Waals surface area contributed by atoms with Gasteiger partial charge in [0.25, 0.3) is 0 Å². The summed E-state index contributed by atoms with van der Waals surface area (Å²) in [7, 11) is 1.35. The molecule has 5 nitrogen and oxygen atoms in total. The van der Waals surface area contributed by atoms with Crippen molar-refractivity contribution in [2.75, 3.05) is 7.11 Å². The molecule has 2 aliphatic rings. The van der Waals surface area contributed by atoms with Crippen LogP contribution in [-0.2, 0) is 27.4 Å². The van der Waals surface area contributed by atoms with Crippen LogP contribution in [0.4, 0.5) is 4.79 Å². The molecule has 2 aromatic rings. The predicted molar refractivity (Wildman–Crippen MR) is 87.3 cm³/mol. The van der Waals surface area contributed by atoms with E-state index in [9.17, 15) is 4.79 Å². The Balaban J connectivity index is 1.63. The lowest BCUT2D eigenvalue weighted by Gasteiger charge is -2.17. The summed E-state index contributed by atoms with van der Waals surface area (Å²) in [6.45, 7) is 0.914. The quantitative estimate of drug-likeness (QED) is 0.922. The van der Waals surface area contributed by atoms with Crippen LogP contribution in [-0.4, -0.2) is 25.0 Å². The molecule has 1 saturated carbocycles. The number of carbonyl (C=O) groups is 1. The molecule has 0 aromatic heterocycles. The zero-order valence-corrected chi connectivity index (χ0v) is 13.4. The molecule has 2 atom stereocenters. The van der Waals surface area contributed by atoms with Crippen LogP contribution in [0.2, 0.25) is 0 Å². The number of alkyl carbamates (subject to hydrolysis) is 1. The molecular formula is C19H19NO4. The molecule has 24 heavy (non-hydrogen) atoms. The second-order valence-electron chi connectivity index (χ2n) is 6.07. The van der Waals surface area contributed by atoms with Crippen molar-refractivity contribution in [3.63, 3.8) is 0 Å². The molecule has 1 aliphatic carbocycles. The minimum atomic E-state index is -0.853. The van der Waals surface area contributed by atoms with Crippen LogP contribution in [0.3, 0.4) is 0 Å². The van der Waals surface area contributed by atoms with Crippen molar-refractivity contribution >= 4 is 6.09 Å². The summed E-state index contributed by atoms with van der Waals surface area (Å²) in [5.74, 6) is -0.915. The minimum absolute atomic E-state index is 0.0629. The summed E-state index contributed by atoms with van der Waals surface area (Å²) in [5.41, 5.74) is 3.31. The number of hydrogen-bond donors (Lipinski definition) is 1. The third kappa shape index (κ3) is 2.46. The van der Waals surface area contributed by atoms with Gasteiger partial charge in [-0.15, -0.1) is 0 Å². The van der Waals surface area contributed by atoms with Crippen LogP contribution in [0.1, 0.15) is 22.6 Å². The van der Waals surface area contributed by atoms with Gasteiger partial charge in [0.15, 0.2) is 5.79 Å². The highest BCUT2D eigenvalue weighted by Gasteiger charge is 2.70. The second-order valence-corrected chi connectivity index (χ2v) is 6.07. The van der Waals surface area contributed by atoms with Crippen molar-refractivity contribution in [2.24, 2.45) is 0 Å². The Hall–Kier alpha value is -2.37. The normalized spacial score (nSPS) is 23.9. The van der Waals surface area contributed by atoms with Crippen molar-refractivity contribution < 1.29 is 19.0 Å². The predicted octanol–water partition coefficient (Wildman–Crippen LogP) is 2.95. The molecule has 124 valence electrons. The van der Waals surface area contributed by atoms with Gasteiger partial charge in [0.2, 0.25) is 0 Å². The van der Waals surface area contributed by atoms with Crippen LogP contribution < -0.4 is 5.32 Å². The fourth-order valence-corrected chi connectivity index (χ4v) is 3.42. The smallest absolute Gasteiger partial charge is 0.407 e. The molecule has 1 fully saturated rings. The number of nitrogens with one attached hydrogen (secondary N) is 1. The van der Waals surface area contributed by atoms with E-state index in [1.54, 1.807) is 0 Å². The maximum Gasteiger partial charge on any atom is 0.407 e. The summed E-state index contributed by atoms with van der Waals surface area (Å²) in [4.78, 5) is 11.7. The number of benzene rings is 2. The molecule has 0 radical (unpaired) electrons. The zero-order valence-electron chi connectivity index (χ0n) is 13.4. The maximum absolute atomic E-state index is 11.7. The van der Waals surface area contributed by atoms with Gasteiger partial charge in [-0.3, -0.25) is 0 Å². The van der Waals surface area contributed by atoms with Gasteiger partial charge in [0.1, 0.15) is 0 Å². The summed E-state index contributed by atoms with van der Waals surface area (Å²) >= 11 is 0. The van der Waals surface area contributed by atoms with Gasteiger partial charge in [-0.1, -0.05) is 54.6 Å². The second kappa shape index (κ2) is 5.92. The largest absolute Gasteiger partial charge is 0.453 e. The lowest BCUT2D eigenvalue weighted by atomic mass is 10.1. The summed E-state index contributed by atoms with van der Waals surface area (Å²) in [6.07, 6.45) is -0.480. The summed E-state index contributed by atoms with van der Waals surface area (Å²) < 4.78 is 17.1. The monoisotopic (exact) mass is 325 g/mol. The number of methoxy groups -OCH3 is 1. The van der Waals surface area contributed by atoms with Crippen LogP contribution in [0.25, 0.3) is 0 Å². The lowest BCUT2D eigenvalue weighted by molar-refractivity contribution is -0.181. The number of amides is 1. The van der Waals surface area contributed by atoms with Crippen LogP contribution in [0.5, 0.6) is 0 Å². The van der Waals surface area contributed by atoms with E-state index in [-0.39, 0.29) is 12.0 Å². The average molecular weight is 325 g/mol. The summed E-state index contributed by atoms with van der Waals surface area (Å²) in [5, 5.41) is 2.86. The lowest BCUT2D eigenvalue weighted by Crippen LogP contribution is -2.34. The van der Waals surface area contributed by atoms with E-state index >= 15 is 0 Å². The zero-order chi connectivity index (χ0) is 16.6. The Morgan fingerprint density at radius 3 is 2.21 bits per heavy atom. The van der Waals surface area contributed by atoms with E-state index in [4.69, 9.17) is 14.2 Å². The topological polar surface area (TPSA) is 56.8 Å². The third-order valence-corrected chi connectivity index (χ3v) is 4.73. The Kier molecular flexibility index (Phi) is 3.75. The Labute approximate surface area is 140 Å². The van der Waals surface area contributed by atoms with Gasteiger partial charge in [-0.2, -0.15) is 0 Å². The number of fused-ring (bicyclic) bond motifs is 1. The first-order chi connectivity index (χ1) is 11.7. The van der Waals surface area contributed by atoms with E-state index in [0.717, 1.165) is 16.7 Å². The molecule has 2 aromatic carbocycles. The Morgan fingerprint density at radius 1 is 1.04 bits per heavy atom. The standard InChI is InChI=1S/C19H19NO4/c1-22-18(21)20-17-16(13-7-3-2-4-8-13)19(17)23-11-14-9-5-6-10-15(14)12-24-19/h2-10,16-17H,11-12H2,1H3,(H,20,21). The molecule has 1 amide bonds. The van der Waals surface area contributed by atoms with Gasteiger partial charge < -0.3 is 19.5 Å². The highest BCUT2D eigenvalue weighted by molar-refractivity contribution is 5.69. The third-order valence-electron chi connectivity index (χ3n) is 4.73. The van der Waals surface area contributed by atoms with Gasteiger partial charge >= 0.3 is 6.09 Å². The molecule has 1 N–H and O–H groups in total. The Morgan fingerprint density at radius 2 is 1.62 bits per heavy atom. The van der Waals surface area contributed by atoms with E-state index in [1.165, 1.54) is 7.11 Å². The van der Waals surface area contributed by atoms with E-state index in [2.05, 4.69) is 5.32 Å².